The second-order valence-electron chi connectivity index (χ2n) is 10.4. The summed E-state index contributed by atoms with van der Waals surface area (Å²) in [5.41, 5.74) is 0.404. The third-order valence-electron chi connectivity index (χ3n) is 8.06. The standard InChI is InChI=1S/C25H38N4O7/c1-13-9-24(32,12-28-10-14-11-29(4)16-8-6-5-7-15(14)16)25(33)23(34-13)35-22-20(31)17(26-2)19(30)18(27-3)21(22)36-25/h5-8,11,13,17-23,26-28,30-33H,9-10,12H2,1-4H3. The highest BCUT2D eigenvalue weighted by atomic mass is 16.8. The number of hydrogen-bond donors (Lipinski definition) is 7. The molecule has 2 aromatic rings. The van der Waals surface area contributed by atoms with Crippen molar-refractivity contribution in [3.63, 3.8) is 0 Å². The fraction of sp³-hybridized carbons (Fsp3) is 0.680. The lowest BCUT2D eigenvalue weighted by Crippen LogP contribution is -2.81. The summed E-state index contributed by atoms with van der Waals surface area (Å²) in [6, 6.07) is 6.72. The Hall–Kier alpha value is -1.64. The smallest absolute Gasteiger partial charge is 0.249 e. The third-order valence-corrected chi connectivity index (χ3v) is 8.06. The number of para-hydroxylation sites is 1. The number of nitrogens with one attached hydrogen (secondary N) is 3. The normalized spacial score (nSPS) is 42.8. The summed E-state index contributed by atoms with van der Waals surface area (Å²) in [5, 5.41) is 55.7. The molecule has 0 bridgehead atoms. The Morgan fingerprint density at radius 2 is 1.75 bits per heavy atom. The van der Waals surface area contributed by atoms with Crippen molar-refractivity contribution in [3.8, 4) is 0 Å². The topological polar surface area (TPSA) is 150 Å². The lowest BCUT2D eigenvalue weighted by atomic mass is 9.77. The molecule has 3 aliphatic rings. The SMILES string of the molecule is CNC1C(O)C(NC)C2OC3(O)C(OC(C)CC3(O)CNCc3cn(C)c4ccccc34)OC2C1O. The molecule has 200 valence electrons. The van der Waals surface area contributed by atoms with Crippen LogP contribution in [0.1, 0.15) is 18.9 Å². The molecule has 0 amide bonds. The molecular formula is C25H38N4O7. The number of aryl methyl sites for hydroxylation is 1. The molecule has 0 radical (unpaired) electrons. The summed E-state index contributed by atoms with van der Waals surface area (Å²) < 4.78 is 20.2. The van der Waals surface area contributed by atoms with Crippen LogP contribution in [-0.2, 0) is 27.8 Å². The van der Waals surface area contributed by atoms with Gasteiger partial charge in [-0.05, 0) is 32.6 Å². The Morgan fingerprint density at radius 3 is 2.47 bits per heavy atom. The van der Waals surface area contributed by atoms with Crippen molar-refractivity contribution in [3.05, 3.63) is 36.0 Å². The molecule has 11 nitrogen and oxygen atoms in total. The minimum Gasteiger partial charge on any atom is -0.390 e. The third kappa shape index (κ3) is 3.99. The first-order valence-electron chi connectivity index (χ1n) is 12.5. The summed E-state index contributed by atoms with van der Waals surface area (Å²) in [4.78, 5) is 0. The van der Waals surface area contributed by atoms with Crippen molar-refractivity contribution in [2.75, 3.05) is 20.6 Å². The number of aromatic nitrogens is 1. The van der Waals surface area contributed by atoms with Crippen LogP contribution in [0.3, 0.4) is 0 Å². The van der Waals surface area contributed by atoms with E-state index in [9.17, 15) is 20.4 Å². The Morgan fingerprint density at radius 1 is 1.03 bits per heavy atom. The predicted molar refractivity (Wildman–Crippen MR) is 131 cm³/mol. The van der Waals surface area contributed by atoms with Gasteiger partial charge in [0.05, 0.1) is 24.3 Å². The van der Waals surface area contributed by atoms with Crippen LogP contribution in [0.2, 0.25) is 0 Å². The van der Waals surface area contributed by atoms with Gasteiger partial charge in [-0.25, -0.2) is 0 Å². The highest BCUT2D eigenvalue weighted by Crippen LogP contribution is 2.46. The molecular weight excluding hydrogens is 468 g/mol. The number of fused-ring (bicyclic) bond motifs is 3. The van der Waals surface area contributed by atoms with E-state index in [0.29, 0.717) is 6.54 Å². The van der Waals surface area contributed by atoms with Gasteiger partial charge in [-0.15, -0.1) is 0 Å². The number of nitrogens with zero attached hydrogens (tertiary/aromatic N) is 1. The number of benzene rings is 1. The summed E-state index contributed by atoms with van der Waals surface area (Å²) in [6.45, 7) is 2.26. The first-order chi connectivity index (χ1) is 17.1. The van der Waals surface area contributed by atoms with Gasteiger partial charge in [0.15, 0.2) is 0 Å². The zero-order chi connectivity index (χ0) is 25.8. The van der Waals surface area contributed by atoms with Crippen molar-refractivity contribution in [1.82, 2.24) is 20.5 Å². The van der Waals surface area contributed by atoms with Gasteiger partial charge in [-0.1, -0.05) is 18.2 Å². The van der Waals surface area contributed by atoms with Crippen LogP contribution in [0, 0.1) is 0 Å². The van der Waals surface area contributed by atoms with Gasteiger partial charge in [0.25, 0.3) is 0 Å². The van der Waals surface area contributed by atoms with Crippen molar-refractivity contribution < 1.29 is 34.6 Å². The van der Waals surface area contributed by atoms with Gasteiger partial charge in [0.1, 0.15) is 23.9 Å². The average Bonchev–Trinajstić information content (AvgIpc) is 3.15. The molecule has 1 aromatic carbocycles. The molecule has 2 aliphatic heterocycles. The molecule has 1 saturated carbocycles. The van der Waals surface area contributed by atoms with Gasteiger partial charge >= 0.3 is 0 Å². The predicted octanol–water partition coefficient (Wildman–Crippen LogP) is -1.48. The number of likely N-dealkylation sites (N-methyl/N-ethyl adjacent to an activating group) is 2. The van der Waals surface area contributed by atoms with Crippen LogP contribution in [-0.4, -0.2) is 106 Å². The molecule has 36 heavy (non-hydrogen) atoms. The van der Waals surface area contributed by atoms with E-state index in [1.165, 1.54) is 0 Å². The number of hydrogen-bond acceptors (Lipinski definition) is 10. The maximum absolute atomic E-state index is 11.8. The fourth-order valence-electron chi connectivity index (χ4n) is 6.20. The highest BCUT2D eigenvalue weighted by Gasteiger charge is 2.68. The molecule has 3 fully saturated rings. The van der Waals surface area contributed by atoms with E-state index in [1.54, 1.807) is 21.0 Å². The Kier molecular flexibility index (Phi) is 6.92. The van der Waals surface area contributed by atoms with Gasteiger partial charge in [0.2, 0.25) is 12.1 Å². The lowest BCUT2D eigenvalue weighted by molar-refractivity contribution is -0.482. The molecule has 10 unspecified atom stereocenters. The van der Waals surface area contributed by atoms with E-state index in [2.05, 4.69) is 26.6 Å². The maximum Gasteiger partial charge on any atom is 0.249 e. The monoisotopic (exact) mass is 506 g/mol. The van der Waals surface area contributed by atoms with Crippen LogP contribution < -0.4 is 16.0 Å². The largest absolute Gasteiger partial charge is 0.390 e. The minimum absolute atomic E-state index is 0.00609. The Balaban J connectivity index is 1.38. The molecule has 11 heteroatoms. The van der Waals surface area contributed by atoms with Crippen molar-refractivity contribution in [1.29, 1.82) is 0 Å². The minimum atomic E-state index is -2.23. The Bertz CT molecular complexity index is 1080. The second-order valence-corrected chi connectivity index (χ2v) is 10.4. The van der Waals surface area contributed by atoms with Crippen LogP contribution in [0.15, 0.2) is 30.5 Å². The average molecular weight is 507 g/mol. The first-order valence-corrected chi connectivity index (χ1v) is 12.5. The summed E-state index contributed by atoms with van der Waals surface area (Å²) >= 11 is 0. The highest BCUT2D eigenvalue weighted by molar-refractivity contribution is 5.83. The van der Waals surface area contributed by atoms with E-state index in [4.69, 9.17) is 14.2 Å². The first kappa shape index (κ1) is 26.0. The lowest BCUT2D eigenvalue weighted by Gasteiger charge is -2.60. The molecule has 10 atom stereocenters. The molecule has 0 spiro atoms. The van der Waals surface area contributed by atoms with Gasteiger partial charge < -0.3 is 55.2 Å². The van der Waals surface area contributed by atoms with Crippen LogP contribution in [0.25, 0.3) is 10.9 Å². The Labute approximate surface area is 210 Å². The number of rotatable bonds is 6. The molecule has 5 rings (SSSR count). The van der Waals surface area contributed by atoms with Crippen molar-refractivity contribution >= 4 is 10.9 Å². The molecule has 3 heterocycles. The second kappa shape index (κ2) is 9.59. The van der Waals surface area contributed by atoms with Gasteiger partial charge in [-0.2, -0.15) is 0 Å². The van der Waals surface area contributed by atoms with E-state index in [-0.39, 0.29) is 13.0 Å². The summed E-state index contributed by atoms with van der Waals surface area (Å²) in [6.07, 6.45) is -3.62. The van der Waals surface area contributed by atoms with E-state index in [0.717, 1.165) is 16.5 Å². The molecule has 7 N–H and O–H groups in total. The van der Waals surface area contributed by atoms with E-state index in [1.807, 2.05) is 31.4 Å². The van der Waals surface area contributed by atoms with Crippen LogP contribution in [0.4, 0.5) is 0 Å². The van der Waals surface area contributed by atoms with Gasteiger partial charge in [-0.3, -0.25) is 0 Å². The van der Waals surface area contributed by atoms with Crippen molar-refractivity contribution in [2.45, 2.75) is 80.2 Å². The number of aliphatic hydroxyl groups excluding tert-OH is 2. The van der Waals surface area contributed by atoms with E-state index >= 15 is 0 Å². The summed E-state index contributed by atoms with van der Waals surface area (Å²) in [7, 11) is 5.29. The zero-order valence-electron chi connectivity index (χ0n) is 21.1. The fourth-order valence-corrected chi connectivity index (χ4v) is 6.20. The summed E-state index contributed by atoms with van der Waals surface area (Å²) in [5.74, 6) is -2.23. The van der Waals surface area contributed by atoms with Gasteiger partial charge in [0, 0.05) is 43.7 Å². The number of ether oxygens (including phenoxy) is 3. The van der Waals surface area contributed by atoms with E-state index < -0.39 is 60.3 Å². The zero-order valence-corrected chi connectivity index (χ0v) is 21.1. The maximum atomic E-state index is 11.8. The molecule has 2 saturated heterocycles. The number of aliphatic hydroxyl groups is 4. The molecule has 1 aromatic heterocycles. The quantitative estimate of drug-likeness (QED) is 0.247. The van der Waals surface area contributed by atoms with Crippen LogP contribution >= 0.6 is 0 Å². The van der Waals surface area contributed by atoms with Crippen molar-refractivity contribution in [2.24, 2.45) is 7.05 Å². The van der Waals surface area contributed by atoms with Crippen LogP contribution in [0.5, 0.6) is 0 Å². The molecule has 1 aliphatic carbocycles.